The number of pyridine rings is 1. The number of likely N-dealkylation sites (tertiary alicyclic amines) is 1. The summed E-state index contributed by atoms with van der Waals surface area (Å²) in [6, 6.07) is 9.99. The summed E-state index contributed by atoms with van der Waals surface area (Å²) < 4.78 is 10.7. The SMILES string of the molecule is COc1cc2nc(NC3CCN(Cc4ccccn4)CC3)nc(N)c2cc1OC. The van der Waals surface area contributed by atoms with Crippen LogP contribution >= 0.6 is 0 Å². The highest BCUT2D eigenvalue weighted by Crippen LogP contribution is 2.33. The molecule has 0 saturated carbocycles. The van der Waals surface area contributed by atoms with Crippen molar-refractivity contribution < 1.29 is 9.47 Å². The molecule has 152 valence electrons. The van der Waals surface area contributed by atoms with E-state index in [4.69, 9.17) is 15.2 Å². The normalized spacial score (nSPS) is 15.4. The van der Waals surface area contributed by atoms with Gasteiger partial charge in [-0.3, -0.25) is 9.88 Å². The number of rotatable bonds is 6. The summed E-state index contributed by atoms with van der Waals surface area (Å²) in [6.07, 6.45) is 3.87. The maximum Gasteiger partial charge on any atom is 0.225 e. The second-order valence-corrected chi connectivity index (χ2v) is 7.17. The van der Waals surface area contributed by atoms with Crippen molar-refractivity contribution in [3.8, 4) is 11.5 Å². The van der Waals surface area contributed by atoms with E-state index in [9.17, 15) is 0 Å². The summed E-state index contributed by atoms with van der Waals surface area (Å²) in [5.74, 6) is 2.19. The number of hydrogen-bond donors (Lipinski definition) is 2. The minimum Gasteiger partial charge on any atom is -0.493 e. The first-order valence-electron chi connectivity index (χ1n) is 9.74. The minimum atomic E-state index is 0.312. The van der Waals surface area contributed by atoms with Gasteiger partial charge in [-0.1, -0.05) is 6.07 Å². The third-order valence-electron chi connectivity index (χ3n) is 5.26. The van der Waals surface area contributed by atoms with E-state index in [-0.39, 0.29) is 0 Å². The quantitative estimate of drug-likeness (QED) is 0.658. The van der Waals surface area contributed by atoms with E-state index in [0.29, 0.717) is 29.3 Å². The van der Waals surface area contributed by atoms with Crippen LogP contribution in [0.1, 0.15) is 18.5 Å². The van der Waals surface area contributed by atoms with Crippen LogP contribution in [0, 0.1) is 0 Å². The smallest absolute Gasteiger partial charge is 0.225 e. The molecule has 3 N–H and O–H groups in total. The van der Waals surface area contributed by atoms with E-state index in [2.05, 4.69) is 31.2 Å². The zero-order chi connectivity index (χ0) is 20.2. The van der Waals surface area contributed by atoms with Crippen molar-refractivity contribution in [2.45, 2.75) is 25.4 Å². The Morgan fingerprint density at radius 1 is 1.10 bits per heavy atom. The molecule has 1 aromatic carbocycles. The monoisotopic (exact) mass is 394 g/mol. The highest BCUT2D eigenvalue weighted by atomic mass is 16.5. The summed E-state index contributed by atoms with van der Waals surface area (Å²) in [4.78, 5) is 15.9. The lowest BCUT2D eigenvalue weighted by atomic mass is 10.0. The van der Waals surface area contributed by atoms with Gasteiger partial charge in [0.2, 0.25) is 5.95 Å². The van der Waals surface area contributed by atoms with Gasteiger partial charge in [-0.05, 0) is 31.0 Å². The minimum absolute atomic E-state index is 0.312. The number of aromatic nitrogens is 3. The zero-order valence-corrected chi connectivity index (χ0v) is 16.8. The number of piperidine rings is 1. The van der Waals surface area contributed by atoms with Crippen LogP contribution in [0.25, 0.3) is 10.9 Å². The number of nitrogens with one attached hydrogen (secondary N) is 1. The molecule has 1 aliphatic heterocycles. The summed E-state index contributed by atoms with van der Waals surface area (Å²) in [6.45, 7) is 2.89. The van der Waals surface area contributed by atoms with Crippen molar-refractivity contribution in [2.75, 3.05) is 38.4 Å². The van der Waals surface area contributed by atoms with Crippen LogP contribution in [0.5, 0.6) is 11.5 Å². The number of fused-ring (bicyclic) bond motifs is 1. The third-order valence-corrected chi connectivity index (χ3v) is 5.26. The van der Waals surface area contributed by atoms with Crippen molar-refractivity contribution in [3.05, 3.63) is 42.2 Å². The molecule has 0 radical (unpaired) electrons. The Morgan fingerprint density at radius 2 is 1.86 bits per heavy atom. The fourth-order valence-electron chi connectivity index (χ4n) is 3.68. The molecule has 0 unspecified atom stereocenters. The molecule has 1 fully saturated rings. The average molecular weight is 394 g/mol. The van der Waals surface area contributed by atoms with Crippen LogP contribution in [0.2, 0.25) is 0 Å². The topological polar surface area (TPSA) is 98.4 Å². The van der Waals surface area contributed by atoms with Crippen molar-refractivity contribution in [1.82, 2.24) is 19.9 Å². The highest BCUT2D eigenvalue weighted by molar-refractivity contribution is 5.91. The van der Waals surface area contributed by atoms with Crippen molar-refractivity contribution in [1.29, 1.82) is 0 Å². The Morgan fingerprint density at radius 3 is 2.55 bits per heavy atom. The van der Waals surface area contributed by atoms with E-state index in [1.807, 2.05) is 30.5 Å². The fourth-order valence-corrected chi connectivity index (χ4v) is 3.68. The maximum atomic E-state index is 6.18. The standard InChI is InChI=1S/C21H26N6O2/c1-28-18-11-16-17(12-19(18)29-2)25-21(26-20(16)22)24-14-6-9-27(10-7-14)13-15-5-3-4-8-23-15/h3-5,8,11-12,14H,6-7,9-10,13H2,1-2H3,(H3,22,24,25,26). The molecule has 0 spiro atoms. The average Bonchev–Trinajstić information content (AvgIpc) is 2.75. The fraction of sp³-hybridized carbons (Fsp3) is 0.381. The zero-order valence-electron chi connectivity index (χ0n) is 16.8. The number of ether oxygens (including phenoxy) is 2. The Bertz CT molecular complexity index is 974. The molecule has 0 aliphatic carbocycles. The van der Waals surface area contributed by atoms with E-state index in [1.165, 1.54) is 0 Å². The summed E-state index contributed by atoms with van der Waals surface area (Å²) >= 11 is 0. The first-order chi connectivity index (χ1) is 14.2. The molecule has 4 rings (SSSR count). The molecular formula is C21H26N6O2. The Kier molecular flexibility index (Phi) is 5.62. The number of anilines is 2. The van der Waals surface area contributed by atoms with Crippen LogP contribution < -0.4 is 20.5 Å². The highest BCUT2D eigenvalue weighted by Gasteiger charge is 2.21. The number of nitrogens with zero attached hydrogens (tertiary/aromatic N) is 4. The Hall–Kier alpha value is -3.13. The molecule has 1 aliphatic rings. The van der Waals surface area contributed by atoms with Gasteiger partial charge in [-0.15, -0.1) is 0 Å². The molecule has 8 nitrogen and oxygen atoms in total. The van der Waals surface area contributed by atoms with E-state index < -0.39 is 0 Å². The van der Waals surface area contributed by atoms with Crippen LogP contribution in [0.3, 0.4) is 0 Å². The van der Waals surface area contributed by atoms with Gasteiger partial charge in [0.15, 0.2) is 11.5 Å². The summed E-state index contributed by atoms with van der Waals surface area (Å²) in [5.41, 5.74) is 8.02. The molecule has 0 atom stereocenters. The molecule has 0 amide bonds. The lowest BCUT2D eigenvalue weighted by Gasteiger charge is -2.32. The predicted molar refractivity (Wildman–Crippen MR) is 113 cm³/mol. The first kappa shape index (κ1) is 19.2. The van der Waals surface area contributed by atoms with Gasteiger partial charge in [0.25, 0.3) is 0 Å². The van der Waals surface area contributed by atoms with Gasteiger partial charge in [0.05, 0.1) is 25.4 Å². The van der Waals surface area contributed by atoms with Gasteiger partial charge in [0, 0.05) is 43.3 Å². The number of hydrogen-bond acceptors (Lipinski definition) is 8. The van der Waals surface area contributed by atoms with Crippen LogP contribution in [0.4, 0.5) is 11.8 Å². The maximum absolute atomic E-state index is 6.18. The molecule has 3 heterocycles. The Balaban J connectivity index is 1.43. The number of methoxy groups -OCH3 is 2. The third kappa shape index (κ3) is 4.32. The van der Waals surface area contributed by atoms with E-state index in [0.717, 1.165) is 49.1 Å². The molecule has 3 aromatic rings. The van der Waals surface area contributed by atoms with E-state index in [1.54, 1.807) is 14.2 Å². The van der Waals surface area contributed by atoms with Crippen LogP contribution in [-0.4, -0.2) is 53.2 Å². The van der Waals surface area contributed by atoms with Crippen molar-refractivity contribution in [3.63, 3.8) is 0 Å². The van der Waals surface area contributed by atoms with Crippen molar-refractivity contribution in [2.24, 2.45) is 0 Å². The molecule has 0 bridgehead atoms. The van der Waals surface area contributed by atoms with Gasteiger partial charge in [0.1, 0.15) is 5.82 Å². The van der Waals surface area contributed by atoms with Gasteiger partial charge in [-0.2, -0.15) is 4.98 Å². The lowest BCUT2D eigenvalue weighted by Crippen LogP contribution is -2.39. The van der Waals surface area contributed by atoms with Crippen molar-refractivity contribution >= 4 is 22.7 Å². The largest absolute Gasteiger partial charge is 0.493 e. The lowest BCUT2D eigenvalue weighted by molar-refractivity contribution is 0.209. The summed E-state index contributed by atoms with van der Waals surface area (Å²) in [7, 11) is 3.20. The van der Waals surface area contributed by atoms with Crippen LogP contribution in [-0.2, 0) is 6.54 Å². The number of benzene rings is 1. The molecule has 1 saturated heterocycles. The van der Waals surface area contributed by atoms with E-state index >= 15 is 0 Å². The second kappa shape index (κ2) is 8.48. The Labute approximate surface area is 170 Å². The molecule has 8 heteroatoms. The van der Waals surface area contributed by atoms with Gasteiger partial charge >= 0.3 is 0 Å². The first-order valence-corrected chi connectivity index (χ1v) is 9.74. The second-order valence-electron chi connectivity index (χ2n) is 7.17. The van der Waals surface area contributed by atoms with Gasteiger partial charge < -0.3 is 20.5 Å². The van der Waals surface area contributed by atoms with Gasteiger partial charge in [-0.25, -0.2) is 4.98 Å². The predicted octanol–water partition coefficient (Wildman–Crippen LogP) is 2.70. The number of nitrogen functional groups attached to an aromatic ring is 1. The summed E-state index contributed by atoms with van der Waals surface area (Å²) in [5, 5.41) is 4.20. The molecule has 2 aromatic heterocycles. The molecule has 29 heavy (non-hydrogen) atoms. The molecular weight excluding hydrogens is 368 g/mol. The van der Waals surface area contributed by atoms with Crippen LogP contribution in [0.15, 0.2) is 36.5 Å². The number of nitrogens with two attached hydrogens (primary N) is 1.